The highest BCUT2D eigenvalue weighted by molar-refractivity contribution is 5.95. The molecule has 2 saturated carbocycles. The van der Waals surface area contributed by atoms with Crippen molar-refractivity contribution >= 4 is 11.8 Å². The first-order valence-electron chi connectivity index (χ1n) is 10.4. The van der Waals surface area contributed by atoms with E-state index in [4.69, 9.17) is 0 Å². The van der Waals surface area contributed by atoms with E-state index in [1.807, 2.05) is 4.90 Å². The lowest BCUT2D eigenvalue weighted by Crippen LogP contribution is -2.45. The maximum absolute atomic E-state index is 12.9. The second-order valence-electron chi connectivity index (χ2n) is 8.26. The molecule has 1 aromatic rings. The summed E-state index contributed by atoms with van der Waals surface area (Å²) in [7, 11) is 0. The molecule has 26 heavy (non-hydrogen) atoms. The van der Waals surface area contributed by atoms with Crippen LogP contribution in [0.15, 0.2) is 6.20 Å². The van der Waals surface area contributed by atoms with Crippen molar-refractivity contribution < 1.29 is 9.59 Å². The molecule has 0 spiro atoms. The zero-order chi connectivity index (χ0) is 17.9. The molecule has 3 aliphatic rings. The van der Waals surface area contributed by atoms with Gasteiger partial charge >= 0.3 is 0 Å². The number of nitrogens with one attached hydrogen (secondary N) is 2. The molecule has 1 atom stereocenters. The van der Waals surface area contributed by atoms with E-state index in [1.54, 1.807) is 6.20 Å². The lowest BCUT2D eigenvalue weighted by molar-refractivity contribution is -0.132. The van der Waals surface area contributed by atoms with Crippen molar-refractivity contribution in [2.45, 2.75) is 76.2 Å². The Kier molecular flexibility index (Phi) is 5.27. The van der Waals surface area contributed by atoms with Gasteiger partial charge in [0.2, 0.25) is 5.91 Å². The van der Waals surface area contributed by atoms with Crippen molar-refractivity contribution in [2.24, 2.45) is 5.92 Å². The van der Waals surface area contributed by atoms with E-state index in [-0.39, 0.29) is 23.8 Å². The SMILES string of the molecule is O=C(N[C@H]1CCCCN(C(=O)C2CC2)C1)c1cn[nH]c1C1CCCCC1. The van der Waals surface area contributed by atoms with Gasteiger partial charge < -0.3 is 10.2 Å². The summed E-state index contributed by atoms with van der Waals surface area (Å²) in [6, 6.07) is 0.0433. The van der Waals surface area contributed by atoms with Crippen LogP contribution >= 0.6 is 0 Å². The summed E-state index contributed by atoms with van der Waals surface area (Å²) in [5, 5.41) is 10.4. The number of amides is 2. The number of hydrogen-bond donors (Lipinski definition) is 2. The molecule has 0 bridgehead atoms. The third-order valence-corrected chi connectivity index (χ3v) is 6.17. The molecule has 2 N–H and O–H groups in total. The zero-order valence-electron chi connectivity index (χ0n) is 15.5. The Labute approximate surface area is 155 Å². The van der Waals surface area contributed by atoms with Crippen molar-refractivity contribution in [3.05, 3.63) is 17.5 Å². The molecule has 1 aliphatic heterocycles. The summed E-state index contributed by atoms with van der Waals surface area (Å²) < 4.78 is 0. The Hall–Kier alpha value is -1.85. The van der Waals surface area contributed by atoms with Gasteiger partial charge in [-0.2, -0.15) is 5.10 Å². The van der Waals surface area contributed by atoms with Crippen LogP contribution in [0.4, 0.5) is 0 Å². The van der Waals surface area contributed by atoms with E-state index in [1.165, 1.54) is 19.3 Å². The van der Waals surface area contributed by atoms with E-state index < -0.39 is 0 Å². The molecule has 0 aromatic carbocycles. The van der Waals surface area contributed by atoms with Crippen LogP contribution in [-0.4, -0.2) is 46.0 Å². The Morgan fingerprint density at radius 2 is 1.81 bits per heavy atom. The molecular formula is C20H30N4O2. The summed E-state index contributed by atoms with van der Waals surface area (Å²) >= 11 is 0. The fourth-order valence-corrected chi connectivity index (χ4v) is 4.49. The van der Waals surface area contributed by atoms with Gasteiger partial charge in [0.15, 0.2) is 0 Å². The number of H-pyrrole nitrogens is 1. The second-order valence-corrected chi connectivity index (χ2v) is 8.26. The number of likely N-dealkylation sites (tertiary alicyclic amines) is 1. The average molecular weight is 358 g/mol. The molecule has 0 radical (unpaired) electrons. The van der Waals surface area contributed by atoms with Crippen LogP contribution in [-0.2, 0) is 4.79 Å². The van der Waals surface area contributed by atoms with E-state index in [2.05, 4.69) is 15.5 Å². The molecule has 2 aliphatic carbocycles. The molecule has 1 aromatic heterocycles. The van der Waals surface area contributed by atoms with Crippen molar-refractivity contribution in [3.8, 4) is 0 Å². The standard InChI is InChI=1S/C20H30N4O2/c25-19(17-12-21-23-18(17)14-6-2-1-3-7-14)22-16-8-4-5-11-24(13-16)20(26)15-9-10-15/h12,14-16H,1-11,13H2,(H,21,23)(H,22,25)/t16-/m0/s1. The van der Waals surface area contributed by atoms with Crippen LogP contribution in [0.1, 0.15) is 86.2 Å². The van der Waals surface area contributed by atoms with Gasteiger partial charge in [-0.25, -0.2) is 0 Å². The van der Waals surface area contributed by atoms with Gasteiger partial charge in [-0.1, -0.05) is 19.3 Å². The smallest absolute Gasteiger partial charge is 0.255 e. The maximum atomic E-state index is 12.9. The van der Waals surface area contributed by atoms with E-state index >= 15 is 0 Å². The molecule has 0 unspecified atom stereocenters. The summed E-state index contributed by atoms with van der Waals surface area (Å²) in [4.78, 5) is 27.3. The zero-order valence-corrected chi connectivity index (χ0v) is 15.5. The Balaban J connectivity index is 1.40. The molecule has 1 saturated heterocycles. The highest BCUT2D eigenvalue weighted by Gasteiger charge is 2.35. The maximum Gasteiger partial charge on any atom is 0.255 e. The predicted molar refractivity (Wildman–Crippen MR) is 98.8 cm³/mol. The number of carbonyl (C=O) groups is 2. The largest absolute Gasteiger partial charge is 0.347 e. The minimum Gasteiger partial charge on any atom is -0.347 e. The van der Waals surface area contributed by atoms with Crippen molar-refractivity contribution in [1.29, 1.82) is 0 Å². The first-order chi connectivity index (χ1) is 12.7. The number of rotatable bonds is 4. The Morgan fingerprint density at radius 3 is 2.58 bits per heavy atom. The van der Waals surface area contributed by atoms with Crippen LogP contribution in [0.25, 0.3) is 0 Å². The molecule has 6 nitrogen and oxygen atoms in total. The number of aromatic amines is 1. The summed E-state index contributed by atoms with van der Waals surface area (Å²) in [6.45, 7) is 1.48. The van der Waals surface area contributed by atoms with Gasteiger partial charge in [0.05, 0.1) is 17.5 Å². The quantitative estimate of drug-likeness (QED) is 0.868. The lowest BCUT2D eigenvalue weighted by Gasteiger charge is -2.26. The van der Waals surface area contributed by atoms with Crippen LogP contribution in [0, 0.1) is 5.92 Å². The third-order valence-electron chi connectivity index (χ3n) is 6.17. The fourth-order valence-electron chi connectivity index (χ4n) is 4.49. The molecule has 2 amide bonds. The number of aromatic nitrogens is 2. The van der Waals surface area contributed by atoms with E-state index in [0.29, 0.717) is 18.0 Å². The van der Waals surface area contributed by atoms with Gasteiger partial charge in [0.1, 0.15) is 0 Å². The number of hydrogen-bond acceptors (Lipinski definition) is 3. The average Bonchev–Trinajstić information content (AvgIpc) is 3.44. The van der Waals surface area contributed by atoms with Crippen molar-refractivity contribution in [3.63, 3.8) is 0 Å². The Bertz CT molecular complexity index is 646. The van der Waals surface area contributed by atoms with Crippen molar-refractivity contribution in [1.82, 2.24) is 20.4 Å². The van der Waals surface area contributed by atoms with Crippen LogP contribution in [0.5, 0.6) is 0 Å². The van der Waals surface area contributed by atoms with Gasteiger partial charge in [-0.3, -0.25) is 14.7 Å². The minimum absolute atomic E-state index is 0.0370. The van der Waals surface area contributed by atoms with Crippen LogP contribution < -0.4 is 5.32 Å². The fraction of sp³-hybridized carbons (Fsp3) is 0.750. The monoisotopic (exact) mass is 358 g/mol. The first kappa shape index (κ1) is 17.6. The second kappa shape index (κ2) is 7.80. The normalized spacial score (nSPS) is 24.9. The summed E-state index contributed by atoms with van der Waals surface area (Å²) in [5.74, 6) is 0.924. The molecule has 2 heterocycles. The van der Waals surface area contributed by atoms with E-state index in [9.17, 15) is 9.59 Å². The highest BCUT2D eigenvalue weighted by Crippen LogP contribution is 2.33. The molecule has 3 fully saturated rings. The summed E-state index contributed by atoms with van der Waals surface area (Å²) in [5.41, 5.74) is 1.70. The molecular weight excluding hydrogens is 328 g/mol. The predicted octanol–water partition coefficient (Wildman–Crippen LogP) is 2.98. The molecule has 142 valence electrons. The van der Waals surface area contributed by atoms with Crippen molar-refractivity contribution in [2.75, 3.05) is 13.1 Å². The van der Waals surface area contributed by atoms with E-state index in [0.717, 1.165) is 57.2 Å². The highest BCUT2D eigenvalue weighted by atomic mass is 16.2. The van der Waals surface area contributed by atoms with Gasteiger partial charge in [-0.05, 0) is 44.9 Å². The first-order valence-corrected chi connectivity index (χ1v) is 10.4. The minimum atomic E-state index is -0.0370. The van der Waals surface area contributed by atoms with Crippen LogP contribution in [0.3, 0.4) is 0 Å². The topological polar surface area (TPSA) is 78.1 Å². The van der Waals surface area contributed by atoms with Gasteiger partial charge in [-0.15, -0.1) is 0 Å². The van der Waals surface area contributed by atoms with Gasteiger partial charge in [0.25, 0.3) is 5.91 Å². The molecule has 4 rings (SSSR count). The third kappa shape index (κ3) is 3.94. The number of carbonyl (C=O) groups excluding carboxylic acids is 2. The number of nitrogens with zero attached hydrogens (tertiary/aromatic N) is 2. The summed E-state index contributed by atoms with van der Waals surface area (Å²) in [6.07, 6.45) is 12.8. The van der Waals surface area contributed by atoms with Gasteiger partial charge in [0, 0.05) is 31.0 Å². The van der Waals surface area contributed by atoms with Crippen LogP contribution in [0.2, 0.25) is 0 Å². The lowest BCUT2D eigenvalue weighted by atomic mass is 9.85. The molecule has 6 heteroatoms. The Morgan fingerprint density at radius 1 is 1.04 bits per heavy atom.